The number of anilines is 1. The standard InChI is InChI=1S/C24H31N3O4S/c1-3-4-5-6-7-8-13-18-31-23-19-14-9-10-15-20(19)32(29,30)27(2)22(23)24(28)26-21-16-11-12-17-25-21/h9-12,14-17H,3-8,13,18H2,1-2H3,(H,25,26,28). The van der Waals surface area contributed by atoms with Crippen molar-refractivity contribution >= 4 is 27.5 Å². The fraction of sp³-hybridized carbons (Fsp3) is 0.417. The van der Waals surface area contributed by atoms with Gasteiger partial charge >= 0.3 is 0 Å². The first-order valence-electron chi connectivity index (χ1n) is 11.1. The lowest BCUT2D eigenvalue weighted by atomic mass is 10.1. The van der Waals surface area contributed by atoms with Gasteiger partial charge in [0, 0.05) is 18.8 Å². The van der Waals surface area contributed by atoms with E-state index in [-0.39, 0.29) is 16.4 Å². The molecule has 2 aromatic rings. The molecular weight excluding hydrogens is 426 g/mol. The average molecular weight is 458 g/mol. The maximum atomic E-state index is 13.1. The Bertz CT molecular complexity index is 1050. The van der Waals surface area contributed by atoms with Crippen LogP contribution in [0.25, 0.3) is 5.76 Å². The first kappa shape index (κ1) is 23.8. The van der Waals surface area contributed by atoms with Crippen LogP contribution in [0.1, 0.15) is 57.4 Å². The number of pyridine rings is 1. The van der Waals surface area contributed by atoms with Gasteiger partial charge in [-0.1, -0.05) is 63.6 Å². The van der Waals surface area contributed by atoms with Crippen molar-refractivity contribution in [2.24, 2.45) is 0 Å². The Kier molecular flexibility index (Phi) is 8.27. The number of carbonyl (C=O) groups is 1. The summed E-state index contributed by atoms with van der Waals surface area (Å²) in [6.07, 6.45) is 9.49. The van der Waals surface area contributed by atoms with E-state index in [1.807, 2.05) is 0 Å². The second-order valence-corrected chi connectivity index (χ2v) is 9.72. The van der Waals surface area contributed by atoms with Crippen molar-refractivity contribution in [1.29, 1.82) is 0 Å². The van der Waals surface area contributed by atoms with Gasteiger partial charge in [0.05, 0.1) is 11.5 Å². The molecule has 0 fully saturated rings. The Labute approximate surface area is 190 Å². The average Bonchev–Trinajstić information content (AvgIpc) is 2.79. The molecule has 0 radical (unpaired) electrons. The molecule has 8 heteroatoms. The predicted molar refractivity (Wildman–Crippen MR) is 125 cm³/mol. The van der Waals surface area contributed by atoms with Gasteiger partial charge in [-0.3, -0.25) is 9.10 Å². The Balaban J connectivity index is 1.83. The smallest absolute Gasteiger partial charge is 0.277 e. The first-order valence-corrected chi connectivity index (χ1v) is 12.6. The third-order valence-electron chi connectivity index (χ3n) is 5.42. The lowest BCUT2D eigenvalue weighted by Crippen LogP contribution is -2.37. The minimum Gasteiger partial charge on any atom is -0.490 e. The summed E-state index contributed by atoms with van der Waals surface area (Å²) in [6, 6.07) is 11.7. The van der Waals surface area contributed by atoms with Gasteiger partial charge in [-0.25, -0.2) is 13.4 Å². The summed E-state index contributed by atoms with van der Waals surface area (Å²) < 4.78 is 33.2. The zero-order valence-corrected chi connectivity index (χ0v) is 19.5. The van der Waals surface area contributed by atoms with Crippen molar-refractivity contribution in [3.63, 3.8) is 0 Å². The third kappa shape index (κ3) is 5.48. The minimum absolute atomic E-state index is 0.0442. The lowest BCUT2D eigenvalue weighted by molar-refractivity contribution is -0.113. The van der Waals surface area contributed by atoms with Crippen LogP contribution in [-0.2, 0) is 19.6 Å². The number of nitrogens with one attached hydrogen (secondary N) is 1. The fourth-order valence-electron chi connectivity index (χ4n) is 3.66. The monoisotopic (exact) mass is 457 g/mol. The fourth-order valence-corrected chi connectivity index (χ4v) is 5.05. The summed E-state index contributed by atoms with van der Waals surface area (Å²) in [4.78, 5) is 17.4. The van der Waals surface area contributed by atoms with Gasteiger partial charge in [-0.2, -0.15) is 0 Å². The number of carbonyl (C=O) groups excluding carboxylic acids is 1. The lowest BCUT2D eigenvalue weighted by Gasteiger charge is -2.30. The number of sulfonamides is 1. The molecule has 3 rings (SSSR count). The van der Waals surface area contributed by atoms with E-state index in [0.717, 1.165) is 23.6 Å². The van der Waals surface area contributed by atoms with E-state index < -0.39 is 15.9 Å². The molecule has 0 bridgehead atoms. The highest BCUT2D eigenvalue weighted by atomic mass is 32.2. The van der Waals surface area contributed by atoms with Crippen molar-refractivity contribution in [3.05, 3.63) is 59.9 Å². The molecule has 2 heterocycles. The topological polar surface area (TPSA) is 88.6 Å². The molecule has 7 nitrogen and oxygen atoms in total. The second-order valence-electron chi connectivity index (χ2n) is 7.79. The quantitative estimate of drug-likeness (QED) is 0.490. The number of amides is 1. The molecule has 0 saturated heterocycles. The van der Waals surface area contributed by atoms with E-state index in [0.29, 0.717) is 18.0 Å². The van der Waals surface area contributed by atoms with Gasteiger partial charge in [0.1, 0.15) is 5.82 Å². The van der Waals surface area contributed by atoms with Crippen molar-refractivity contribution in [2.45, 2.75) is 56.8 Å². The van der Waals surface area contributed by atoms with Crippen LogP contribution in [0.2, 0.25) is 0 Å². The van der Waals surface area contributed by atoms with E-state index in [1.54, 1.807) is 42.6 Å². The van der Waals surface area contributed by atoms with Crippen LogP contribution in [0.5, 0.6) is 0 Å². The number of benzene rings is 1. The Hall–Kier alpha value is -2.87. The molecule has 1 amide bonds. The van der Waals surface area contributed by atoms with Crippen LogP contribution in [0, 0.1) is 0 Å². The van der Waals surface area contributed by atoms with E-state index in [4.69, 9.17) is 4.74 Å². The maximum Gasteiger partial charge on any atom is 0.277 e. The molecule has 1 aromatic carbocycles. The van der Waals surface area contributed by atoms with Crippen LogP contribution < -0.4 is 5.32 Å². The maximum absolute atomic E-state index is 13.1. The Morgan fingerprint density at radius 3 is 2.41 bits per heavy atom. The summed E-state index contributed by atoms with van der Waals surface area (Å²) in [5.41, 5.74) is 0.358. The van der Waals surface area contributed by atoms with Crippen LogP contribution in [0.3, 0.4) is 0 Å². The molecule has 172 valence electrons. The number of hydrogen-bond acceptors (Lipinski definition) is 5. The number of likely N-dealkylation sites (N-methyl/N-ethyl adjacent to an activating group) is 1. The number of nitrogens with zero attached hydrogens (tertiary/aromatic N) is 2. The Morgan fingerprint density at radius 2 is 1.69 bits per heavy atom. The zero-order valence-electron chi connectivity index (χ0n) is 18.7. The molecule has 0 unspecified atom stereocenters. The summed E-state index contributed by atoms with van der Waals surface area (Å²) in [7, 11) is -2.50. The van der Waals surface area contributed by atoms with E-state index >= 15 is 0 Å². The number of hydrogen-bond donors (Lipinski definition) is 1. The zero-order chi connectivity index (χ0) is 23.0. The number of fused-ring (bicyclic) bond motifs is 1. The van der Waals surface area contributed by atoms with Gasteiger partial charge in [0.15, 0.2) is 11.5 Å². The molecule has 32 heavy (non-hydrogen) atoms. The van der Waals surface area contributed by atoms with Gasteiger partial charge in [0.25, 0.3) is 15.9 Å². The van der Waals surface area contributed by atoms with Crippen LogP contribution >= 0.6 is 0 Å². The highest BCUT2D eigenvalue weighted by Gasteiger charge is 2.38. The largest absolute Gasteiger partial charge is 0.490 e. The van der Waals surface area contributed by atoms with E-state index in [2.05, 4.69) is 17.2 Å². The molecule has 1 N–H and O–H groups in total. The van der Waals surface area contributed by atoms with Crippen LogP contribution in [0.15, 0.2) is 59.3 Å². The number of unbranched alkanes of at least 4 members (excludes halogenated alkanes) is 6. The first-order chi connectivity index (χ1) is 15.5. The van der Waals surface area contributed by atoms with Crippen molar-refractivity contribution in [2.75, 3.05) is 19.0 Å². The van der Waals surface area contributed by atoms with Crippen LogP contribution in [0.4, 0.5) is 5.82 Å². The van der Waals surface area contributed by atoms with Crippen molar-refractivity contribution in [3.8, 4) is 0 Å². The van der Waals surface area contributed by atoms with Crippen molar-refractivity contribution in [1.82, 2.24) is 9.29 Å². The van der Waals surface area contributed by atoms with E-state index in [9.17, 15) is 13.2 Å². The number of ether oxygens (including phenoxy) is 1. The molecule has 0 aliphatic carbocycles. The minimum atomic E-state index is -3.87. The van der Waals surface area contributed by atoms with E-state index in [1.165, 1.54) is 38.8 Å². The van der Waals surface area contributed by atoms with Gasteiger partial charge in [-0.15, -0.1) is 0 Å². The molecular formula is C24H31N3O4S. The highest BCUT2D eigenvalue weighted by molar-refractivity contribution is 7.89. The normalized spacial score (nSPS) is 14.8. The summed E-state index contributed by atoms with van der Waals surface area (Å²) in [5.74, 6) is 0.0252. The summed E-state index contributed by atoms with van der Waals surface area (Å²) >= 11 is 0. The molecule has 1 aliphatic heterocycles. The van der Waals surface area contributed by atoms with Gasteiger partial charge in [0.2, 0.25) is 0 Å². The summed E-state index contributed by atoms with van der Waals surface area (Å²) in [5, 5.41) is 2.68. The predicted octanol–water partition coefficient (Wildman–Crippen LogP) is 4.79. The number of rotatable bonds is 11. The summed E-state index contributed by atoms with van der Waals surface area (Å²) in [6.45, 7) is 2.61. The molecule has 1 aliphatic rings. The third-order valence-corrected chi connectivity index (χ3v) is 7.23. The highest BCUT2D eigenvalue weighted by Crippen LogP contribution is 2.37. The molecule has 1 aromatic heterocycles. The SMILES string of the molecule is CCCCCCCCCOC1=C(C(=O)Nc2ccccn2)N(C)S(=O)(=O)c2ccccc21. The molecule has 0 atom stereocenters. The second kappa shape index (κ2) is 11.1. The van der Waals surface area contributed by atoms with Crippen molar-refractivity contribution < 1.29 is 17.9 Å². The van der Waals surface area contributed by atoms with Gasteiger partial charge in [-0.05, 0) is 30.7 Å². The number of aromatic nitrogens is 1. The molecule has 0 spiro atoms. The van der Waals surface area contributed by atoms with Crippen LogP contribution in [-0.4, -0.2) is 37.3 Å². The Morgan fingerprint density at radius 1 is 1.00 bits per heavy atom. The van der Waals surface area contributed by atoms with Gasteiger partial charge < -0.3 is 10.1 Å². The molecule has 0 saturated carbocycles.